The fourth-order valence-electron chi connectivity index (χ4n) is 1.17. The van der Waals surface area contributed by atoms with E-state index in [1.54, 1.807) is 7.05 Å². The largest absolute Gasteiger partial charge is 0.367 e. The fraction of sp³-hybridized carbons (Fsp3) is 0.545. The summed E-state index contributed by atoms with van der Waals surface area (Å²) < 4.78 is 0. The van der Waals surface area contributed by atoms with E-state index in [1.807, 2.05) is 32.3 Å². The van der Waals surface area contributed by atoms with Gasteiger partial charge in [0.2, 0.25) is 5.91 Å². The molecule has 1 amide bonds. The van der Waals surface area contributed by atoms with Crippen LogP contribution in [0.2, 0.25) is 0 Å². The number of hydrogen-bond donors (Lipinski definition) is 3. The fourth-order valence-corrected chi connectivity index (χ4v) is 1.17. The highest BCUT2D eigenvalue weighted by molar-refractivity contribution is 5.85. The van der Waals surface area contributed by atoms with Crippen LogP contribution in [-0.4, -0.2) is 30.0 Å². The van der Waals surface area contributed by atoms with Crippen molar-refractivity contribution in [1.82, 2.24) is 15.6 Å². The molecule has 84 valence electrons. The normalized spacial score (nSPS) is 11.4. The van der Waals surface area contributed by atoms with Gasteiger partial charge in [-0.3, -0.25) is 4.79 Å². The van der Waals surface area contributed by atoms with Crippen molar-refractivity contribution in [2.75, 3.05) is 13.6 Å². The molecule has 0 spiro atoms. The lowest BCUT2D eigenvalue weighted by atomic mass is 10.1. The van der Waals surface area contributed by atoms with E-state index < -0.39 is 5.54 Å². The quantitative estimate of drug-likeness (QED) is 0.667. The van der Waals surface area contributed by atoms with Gasteiger partial charge in [-0.1, -0.05) is 0 Å². The van der Waals surface area contributed by atoms with Gasteiger partial charge in [0.15, 0.2) is 0 Å². The Morgan fingerprint density at radius 3 is 2.80 bits per heavy atom. The van der Waals surface area contributed by atoms with Crippen molar-refractivity contribution in [3.8, 4) is 0 Å². The monoisotopic (exact) mass is 209 g/mol. The van der Waals surface area contributed by atoms with Gasteiger partial charge in [-0.05, 0) is 38.9 Å². The Balaban J connectivity index is 2.29. The van der Waals surface area contributed by atoms with Crippen molar-refractivity contribution < 1.29 is 4.79 Å². The van der Waals surface area contributed by atoms with Gasteiger partial charge < -0.3 is 15.6 Å². The van der Waals surface area contributed by atoms with Gasteiger partial charge in [0.05, 0.1) is 5.54 Å². The SMILES string of the molecule is CNC(C)(C)C(=O)NCCc1cc[nH]c1. The maximum atomic E-state index is 11.6. The van der Waals surface area contributed by atoms with Crippen molar-refractivity contribution in [3.63, 3.8) is 0 Å². The zero-order valence-corrected chi connectivity index (χ0v) is 9.55. The summed E-state index contributed by atoms with van der Waals surface area (Å²) in [4.78, 5) is 14.6. The van der Waals surface area contributed by atoms with E-state index >= 15 is 0 Å². The van der Waals surface area contributed by atoms with Crippen LogP contribution in [0.3, 0.4) is 0 Å². The number of hydrogen-bond acceptors (Lipinski definition) is 2. The van der Waals surface area contributed by atoms with Crippen LogP contribution in [0.1, 0.15) is 19.4 Å². The van der Waals surface area contributed by atoms with Crippen LogP contribution in [0.4, 0.5) is 0 Å². The Morgan fingerprint density at radius 2 is 2.27 bits per heavy atom. The molecule has 1 aromatic rings. The van der Waals surface area contributed by atoms with Crippen LogP contribution in [0.25, 0.3) is 0 Å². The van der Waals surface area contributed by atoms with E-state index in [1.165, 1.54) is 5.56 Å². The van der Waals surface area contributed by atoms with E-state index in [4.69, 9.17) is 0 Å². The molecule has 0 unspecified atom stereocenters. The maximum Gasteiger partial charge on any atom is 0.239 e. The second-order valence-electron chi connectivity index (χ2n) is 4.10. The molecule has 0 fully saturated rings. The number of aromatic nitrogens is 1. The highest BCUT2D eigenvalue weighted by Gasteiger charge is 2.24. The number of aromatic amines is 1. The van der Waals surface area contributed by atoms with Gasteiger partial charge in [-0.15, -0.1) is 0 Å². The van der Waals surface area contributed by atoms with Crippen molar-refractivity contribution in [2.45, 2.75) is 25.8 Å². The average molecular weight is 209 g/mol. The van der Waals surface area contributed by atoms with E-state index in [0.29, 0.717) is 6.54 Å². The van der Waals surface area contributed by atoms with E-state index in [-0.39, 0.29) is 5.91 Å². The van der Waals surface area contributed by atoms with Crippen molar-refractivity contribution in [2.24, 2.45) is 0 Å². The van der Waals surface area contributed by atoms with Gasteiger partial charge >= 0.3 is 0 Å². The summed E-state index contributed by atoms with van der Waals surface area (Å²) in [5, 5.41) is 5.86. The Kier molecular flexibility index (Phi) is 3.91. The molecular formula is C11H19N3O. The Labute approximate surface area is 90.5 Å². The number of rotatable bonds is 5. The number of carbonyl (C=O) groups is 1. The molecule has 15 heavy (non-hydrogen) atoms. The van der Waals surface area contributed by atoms with Crippen LogP contribution in [0, 0.1) is 0 Å². The summed E-state index contributed by atoms with van der Waals surface area (Å²) in [5.74, 6) is 0.0283. The molecular weight excluding hydrogens is 190 g/mol. The first kappa shape index (κ1) is 11.8. The topological polar surface area (TPSA) is 56.9 Å². The van der Waals surface area contributed by atoms with Crippen LogP contribution < -0.4 is 10.6 Å². The smallest absolute Gasteiger partial charge is 0.239 e. The lowest BCUT2D eigenvalue weighted by Gasteiger charge is -2.22. The summed E-state index contributed by atoms with van der Waals surface area (Å²) in [6, 6.07) is 2.01. The van der Waals surface area contributed by atoms with Gasteiger partial charge in [-0.2, -0.15) is 0 Å². The van der Waals surface area contributed by atoms with E-state index in [0.717, 1.165) is 6.42 Å². The molecule has 0 saturated carbocycles. The van der Waals surface area contributed by atoms with Crippen LogP contribution in [-0.2, 0) is 11.2 Å². The minimum Gasteiger partial charge on any atom is -0.367 e. The third-order valence-corrected chi connectivity index (χ3v) is 2.55. The first-order valence-electron chi connectivity index (χ1n) is 5.15. The zero-order chi connectivity index (χ0) is 11.3. The molecule has 0 radical (unpaired) electrons. The number of amides is 1. The second-order valence-corrected chi connectivity index (χ2v) is 4.10. The highest BCUT2D eigenvalue weighted by atomic mass is 16.2. The van der Waals surface area contributed by atoms with E-state index in [2.05, 4.69) is 15.6 Å². The molecule has 1 heterocycles. The summed E-state index contributed by atoms with van der Waals surface area (Å²) in [6.07, 6.45) is 4.68. The predicted octanol–water partition coefficient (Wildman–Crippen LogP) is 0.671. The second kappa shape index (κ2) is 4.98. The number of likely N-dealkylation sites (N-methyl/N-ethyl adjacent to an activating group) is 1. The van der Waals surface area contributed by atoms with E-state index in [9.17, 15) is 4.79 Å². The third-order valence-electron chi connectivity index (χ3n) is 2.55. The molecule has 0 aliphatic heterocycles. The first-order valence-corrected chi connectivity index (χ1v) is 5.15. The molecule has 0 atom stereocenters. The Hall–Kier alpha value is -1.29. The van der Waals surface area contributed by atoms with Crippen molar-refractivity contribution in [3.05, 3.63) is 24.0 Å². The molecule has 0 aromatic carbocycles. The van der Waals surface area contributed by atoms with Gasteiger partial charge in [-0.25, -0.2) is 0 Å². The van der Waals surface area contributed by atoms with Crippen LogP contribution in [0.5, 0.6) is 0 Å². The molecule has 0 bridgehead atoms. The summed E-state index contributed by atoms with van der Waals surface area (Å²) in [5.41, 5.74) is 0.704. The molecule has 4 nitrogen and oxygen atoms in total. The molecule has 1 aromatic heterocycles. The minimum atomic E-state index is -0.502. The zero-order valence-electron chi connectivity index (χ0n) is 9.55. The summed E-state index contributed by atoms with van der Waals surface area (Å²) >= 11 is 0. The third kappa shape index (κ3) is 3.40. The number of carbonyl (C=O) groups excluding carboxylic acids is 1. The Bertz CT molecular complexity index is 304. The van der Waals surface area contributed by atoms with Gasteiger partial charge in [0.1, 0.15) is 0 Å². The predicted molar refractivity (Wildman–Crippen MR) is 60.6 cm³/mol. The van der Waals surface area contributed by atoms with Gasteiger partial charge in [0, 0.05) is 18.9 Å². The maximum absolute atomic E-state index is 11.6. The Morgan fingerprint density at radius 1 is 1.53 bits per heavy atom. The number of nitrogens with one attached hydrogen (secondary N) is 3. The lowest BCUT2D eigenvalue weighted by molar-refractivity contribution is -0.126. The lowest BCUT2D eigenvalue weighted by Crippen LogP contribution is -2.51. The number of H-pyrrole nitrogens is 1. The summed E-state index contributed by atoms with van der Waals surface area (Å²) in [7, 11) is 1.78. The molecule has 0 aliphatic carbocycles. The summed E-state index contributed by atoms with van der Waals surface area (Å²) in [6.45, 7) is 4.39. The molecule has 4 heteroatoms. The first-order chi connectivity index (χ1) is 7.06. The molecule has 0 saturated heterocycles. The van der Waals surface area contributed by atoms with Crippen LogP contribution >= 0.6 is 0 Å². The minimum absolute atomic E-state index is 0.0283. The standard InChI is InChI=1S/C11H19N3O/c1-11(2,12-3)10(15)14-7-5-9-4-6-13-8-9/h4,6,8,12-13H,5,7H2,1-3H3,(H,14,15). The van der Waals surface area contributed by atoms with Crippen LogP contribution in [0.15, 0.2) is 18.5 Å². The van der Waals surface area contributed by atoms with Crippen molar-refractivity contribution in [1.29, 1.82) is 0 Å². The van der Waals surface area contributed by atoms with Gasteiger partial charge in [0.25, 0.3) is 0 Å². The highest BCUT2D eigenvalue weighted by Crippen LogP contribution is 2.01. The average Bonchev–Trinajstić information content (AvgIpc) is 2.70. The van der Waals surface area contributed by atoms with Crippen molar-refractivity contribution >= 4 is 5.91 Å². The molecule has 1 rings (SSSR count). The molecule has 0 aliphatic rings. The molecule has 3 N–H and O–H groups in total.